The van der Waals surface area contributed by atoms with Crippen LogP contribution in [0.5, 0.6) is 0 Å². The number of hydrogen-bond donors (Lipinski definition) is 1. The van der Waals surface area contributed by atoms with E-state index in [0.29, 0.717) is 0 Å². The van der Waals surface area contributed by atoms with Crippen molar-refractivity contribution in [3.63, 3.8) is 0 Å². The van der Waals surface area contributed by atoms with Crippen LogP contribution in [0.2, 0.25) is 0 Å². The summed E-state index contributed by atoms with van der Waals surface area (Å²) in [7, 11) is 0. The standard InChI is InChI=1S/C3H5N3S/c1-3(7)4-2-5-6-3/h2,7H,1H3. The van der Waals surface area contributed by atoms with Crippen molar-refractivity contribution in [2.45, 2.75) is 11.9 Å². The van der Waals surface area contributed by atoms with E-state index in [9.17, 15) is 0 Å². The van der Waals surface area contributed by atoms with Crippen LogP contribution in [0.25, 0.3) is 0 Å². The van der Waals surface area contributed by atoms with Crippen LogP contribution in [0, 0.1) is 0 Å². The van der Waals surface area contributed by atoms with E-state index in [4.69, 9.17) is 0 Å². The molecule has 1 heterocycles. The molecule has 3 nitrogen and oxygen atoms in total. The van der Waals surface area contributed by atoms with Crippen LogP contribution in [0.15, 0.2) is 15.2 Å². The van der Waals surface area contributed by atoms with E-state index in [1.165, 1.54) is 6.34 Å². The molecule has 38 valence electrons. The van der Waals surface area contributed by atoms with Crippen LogP contribution in [0.3, 0.4) is 0 Å². The highest BCUT2D eigenvalue weighted by atomic mass is 32.1. The normalized spacial score (nSPS) is 37.4. The number of aliphatic imine (C=N–C) groups is 1. The van der Waals surface area contributed by atoms with E-state index in [2.05, 4.69) is 27.8 Å². The van der Waals surface area contributed by atoms with Gasteiger partial charge in [-0.1, -0.05) is 0 Å². The first-order valence-corrected chi connectivity index (χ1v) is 2.33. The molecule has 0 fully saturated rings. The van der Waals surface area contributed by atoms with Crippen LogP contribution < -0.4 is 0 Å². The smallest absolute Gasteiger partial charge is 0.213 e. The minimum Gasteiger partial charge on any atom is -0.230 e. The Balaban J connectivity index is 2.77. The SMILES string of the molecule is CC1(S)N=CN=N1. The zero-order valence-corrected chi connectivity index (χ0v) is 4.76. The average Bonchev–Trinajstić information content (AvgIpc) is 1.84. The second kappa shape index (κ2) is 1.30. The van der Waals surface area contributed by atoms with Crippen molar-refractivity contribution in [3.8, 4) is 0 Å². The molecule has 0 amide bonds. The van der Waals surface area contributed by atoms with Gasteiger partial charge in [0.05, 0.1) is 0 Å². The molecule has 0 aliphatic carbocycles. The fourth-order valence-corrected chi connectivity index (χ4v) is 0.399. The van der Waals surface area contributed by atoms with E-state index in [-0.39, 0.29) is 0 Å². The van der Waals surface area contributed by atoms with Crippen molar-refractivity contribution in [2.75, 3.05) is 0 Å². The molecule has 0 aromatic carbocycles. The minimum atomic E-state index is -0.583. The second-order valence-electron chi connectivity index (χ2n) is 1.43. The highest BCUT2D eigenvalue weighted by molar-refractivity contribution is 7.81. The van der Waals surface area contributed by atoms with Crippen molar-refractivity contribution in [1.82, 2.24) is 0 Å². The average molecular weight is 115 g/mol. The maximum absolute atomic E-state index is 3.99. The predicted octanol–water partition coefficient (Wildman–Crippen LogP) is 1.08. The fourth-order valence-electron chi connectivity index (χ4n) is 0.296. The molecule has 1 rings (SSSR count). The molecule has 1 aliphatic rings. The molecule has 1 atom stereocenters. The summed E-state index contributed by atoms with van der Waals surface area (Å²) in [4.78, 5) is 3.19. The Morgan fingerprint density at radius 2 is 2.43 bits per heavy atom. The Bertz CT molecular complexity index is 112. The van der Waals surface area contributed by atoms with Crippen molar-refractivity contribution in [1.29, 1.82) is 0 Å². The molecule has 0 aromatic heterocycles. The van der Waals surface area contributed by atoms with Crippen molar-refractivity contribution in [3.05, 3.63) is 0 Å². The first kappa shape index (κ1) is 4.77. The van der Waals surface area contributed by atoms with Gasteiger partial charge in [-0.15, -0.1) is 22.9 Å². The number of rotatable bonds is 0. The Hall–Kier alpha value is -0.380. The van der Waals surface area contributed by atoms with Crippen LogP contribution in [-0.2, 0) is 0 Å². The lowest BCUT2D eigenvalue weighted by atomic mass is 10.6. The van der Waals surface area contributed by atoms with Gasteiger partial charge in [-0.3, -0.25) is 0 Å². The van der Waals surface area contributed by atoms with Gasteiger partial charge in [-0.25, -0.2) is 4.99 Å². The second-order valence-corrected chi connectivity index (χ2v) is 2.28. The Morgan fingerprint density at radius 1 is 1.71 bits per heavy atom. The highest BCUT2D eigenvalue weighted by Crippen LogP contribution is 2.19. The van der Waals surface area contributed by atoms with Gasteiger partial charge in [-0.05, 0) is 6.92 Å². The van der Waals surface area contributed by atoms with Crippen LogP contribution in [-0.4, -0.2) is 11.3 Å². The van der Waals surface area contributed by atoms with Crippen LogP contribution >= 0.6 is 12.6 Å². The Labute approximate surface area is 47.0 Å². The van der Waals surface area contributed by atoms with Crippen molar-refractivity contribution in [2.24, 2.45) is 15.2 Å². The maximum atomic E-state index is 3.99. The van der Waals surface area contributed by atoms with Crippen LogP contribution in [0.1, 0.15) is 6.92 Å². The molecule has 1 unspecified atom stereocenters. The van der Waals surface area contributed by atoms with E-state index < -0.39 is 4.99 Å². The van der Waals surface area contributed by atoms with E-state index in [1.54, 1.807) is 6.92 Å². The summed E-state index contributed by atoms with van der Waals surface area (Å²) in [5.41, 5.74) is 0. The monoisotopic (exact) mass is 115 g/mol. The first-order valence-electron chi connectivity index (χ1n) is 1.89. The number of hydrogen-bond acceptors (Lipinski definition) is 4. The summed E-state index contributed by atoms with van der Waals surface area (Å²) >= 11 is 3.99. The molecule has 7 heavy (non-hydrogen) atoms. The summed E-state index contributed by atoms with van der Waals surface area (Å²) in [6.07, 6.45) is 1.40. The third kappa shape index (κ3) is 0.991. The maximum Gasteiger partial charge on any atom is 0.213 e. The molecule has 0 radical (unpaired) electrons. The number of nitrogens with zero attached hydrogens (tertiary/aromatic N) is 3. The lowest BCUT2D eigenvalue weighted by molar-refractivity contribution is 0.725. The van der Waals surface area contributed by atoms with Gasteiger partial charge < -0.3 is 0 Å². The summed E-state index contributed by atoms with van der Waals surface area (Å²) in [5.74, 6) is 0. The van der Waals surface area contributed by atoms with Gasteiger partial charge >= 0.3 is 0 Å². The van der Waals surface area contributed by atoms with Crippen molar-refractivity contribution < 1.29 is 0 Å². The van der Waals surface area contributed by atoms with Crippen molar-refractivity contribution >= 4 is 19.0 Å². The fraction of sp³-hybridized carbons (Fsp3) is 0.667. The first-order chi connectivity index (χ1) is 3.21. The van der Waals surface area contributed by atoms with E-state index in [1.807, 2.05) is 0 Å². The van der Waals surface area contributed by atoms with Gasteiger partial charge in [0.1, 0.15) is 6.34 Å². The third-order valence-electron chi connectivity index (χ3n) is 0.601. The van der Waals surface area contributed by atoms with E-state index >= 15 is 0 Å². The largest absolute Gasteiger partial charge is 0.230 e. The van der Waals surface area contributed by atoms with Gasteiger partial charge in [0, 0.05) is 0 Å². The molecule has 0 saturated heterocycles. The van der Waals surface area contributed by atoms with Gasteiger partial charge in [-0.2, -0.15) is 0 Å². The lowest BCUT2D eigenvalue weighted by Crippen LogP contribution is -2.02. The minimum absolute atomic E-state index is 0.583. The van der Waals surface area contributed by atoms with Gasteiger partial charge in [0.25, 0.3) is 0 Å². The molecule has 4 heteroatoms. The predicted molar refractivity (Wildman–Crippen MR) is 30.7 cm³/mol. The molecule has 0 bridgehead atoms. The molecule has 0 spiro atoms. The highest BCUT2D eigenvalue weighted by Gasteiger charge is 2.16. The molecule has 0 aromatic rings. The molecule has 1 aliphatic heterocycles. The molecule has 0 saturated carbocycles. The van der Waals surface area contributed by atoms with Gasteiger partial charge in [0.15, 0.2) is 0 Å². The number of azo groups is 1. The van der Waals surface area contributed by atoms with Gasteiger partial charge in [0.2, 0.25) is 4.99 Å². The topological polar surface area (TPSA) is 37.1 Å². The summed E-state index contributed by atoms with van der Waals surface area (Å²) in [6, 6.07) is 0. The molecule has 0 N–H and O–H groups in total. The molecular formula is C3H5N3S. The summed E-state index contributed by atoms with van der Waals surface area (Å²) in [5, 5.41) is 7.13. The zero-order valence-electron chi connectivity index (χ0n) is 3.87. The van der Waals surface area contributed by atoms with Crippen LogP contribution in [0.4, 0.5) is 0 Å². The lowest BCUT2D eigenvalue weighted by Gasteiger charge is -2.02. The third-order valence-corrected chi connectivity index (χ3v) is 0.806. The van der Waals surface area contributed by atoms with E-state index in [0.717, 1.165) is 0 Å². The Morgan fingerprint density at radius 3 is 2.57 bits per heavy atom. The summed E-state index contributed by atoms with van der Waals surface area (Å²) < 4.78 is 0. The Kier molecular flexibility index (Phi) is 0.883. The molecular weight excluding hydrogens is 110 g/mol. The number of thiol groups is 1. The quantitative estimate of drug-likeness (QED) is 0.459. The zero-order chi connectivity index (χ0) is 5.33. The summed E-state index contributed by atoms with van der Waals surface area (Å²) in [6.45, 7) is 1.77.